The lowest BCUT2D eigenvalue weighted by atomic mass is 10.2. The van der Waals surface area contributed by atoms with Gasteiger partial charge in [-0.25, -0.2) is 13.1 Å². The highest BCUT2D eigenvalue weighted by atomic mass is 32.2. The van der Waals surface area contributed by atoms with E-state index in [0.29, 0.717) is 5.39 Å². The SMILES string of the molecule is CNS(=O)(=O)c1c[nH]c2ccccc12. The number of fused-ring (bicyclic) bond motifs is 1. The number of aromatic amines is 1. The molecular weight excluding hydrogens is 200 g/mol. The number of H-pyrrole nitrogens is 1. The molecule has 5 heteroatoms. The summed E-state index contributed by atoms with van der Waals surface area (Å²) in [5.74, 6) is 0. The molecule has 0 aliphatic carbocycles. The molecule has 4 nitrogen and oxygen atoms in total. The Morgan fingerprint density at radius 2 is 2.00 bits per heavy atom. The van der Waals surface area contributed by atoms with Crippen molar-refractivity contribution in [3.63, 3.8) is 0 Å². The maximum absolute atomic E-state index is 11.5. The summed E-state index contributed by atoms with van der Waals surface area (Å²) in [5, 5.41) is 0.710. The Kier molecular flexibility index (Phi) is 2.05. The van der Waals surface area contributed by atoms with E-state index < -0.39 is 10.0 Å². The van der Waals surface area contributed by atoms with Gasteiger partial charge in [-0.1, -0.05) is 18.2 Å². The Morgan fingerprint density at radius 1 is 1.29 bits per heavy atom. The van der Waals surface area contributed by atoms with Gasteiger partial charge >= 0.3 is 0 Å². The first-order valence-electron chi connectivity index (χ1n) is 4.15. The molecule has 0 atom stereocenters. The topological polar surface area (TPSA) is 62.0 Å². The first kappa shape index (κ1) is 9.23. The van der Waals surface area contributed by atoms with Gasteiger partial charge in [0, 0.05) is 17.1 Å². The molecule has 1 aromatic heterocycles. The van der Waals surface area contributed by atoms with E-state index in [0.717, 1.165) is 5.52 Å². The van der Waals surface area contributed by atoms with Crippen molar-refractivity contribution >= 4 is 20.9 Å². The molecule has 0 saturated carbocycles. The molecule has 0 aliphatic rings. The number of hydrogen-bond donors (Lipinski definition) is 2. The summed E-state index contributed by atoms with van der Waals surface area (Å²) in [6.45, 7) is 0. The van der Waals surface area contributed by atoms with E-state index >= 15 is 0 Å². The normalized spacial score (nSPS) is 12.1. The van der Waals surface area contributed by atoms with Gasteiger partial charge in [0.2, 0.25) is 10.0 Å². The fourth-order valence-corrected chi connectivity index (χ4v) is 2.28. The van der Waals surface area contributed by atoms with Gasteiger partial charge in [-0.05, 0) is 13.1 Å². The van der Waals surface area contributed by atoms with Crippen molar-refractivity contribution in [1.82, 2.24) is 9.71 Å². The molecule has 2 aromatic rings. The van der Waals surface area contributed by atoms with E-state index in [-0.39, 0.29) is 4.90 Å². The minimum absolute atomic E-state index is 0.288. The molecular formula is C9H10N2O2S. The van der Waals surface area contributed by atoms with Crippen LogP contribution in [-0.4, -0.2) is 20.4 Å². The Hall–Kier alpha value is -1.33. The van der Waals surface area contributed by atoms with Crippen LogP contribution < -0.4 is 4.72 Å². The van der Waals surface area contributed by atoms with Gasteiger partial charge in [0.05, 0.1) is 0 Å². The van der Waals surface area contributed by atoms with Crippen molar-refractivity contribution in [3.8, 4) is 0 Å². The second-order valence-electron chi connectivity index (χ2n) is 2.91. The van der Waals surface area contributed by atoms with E-state index in [1.165, 1.54) is 13.2 Å². The van der Waals surface area contributed by atoms with Crippen molar-refractivity contribution in [3.05, 3.63) is 30.5 Å². The minimum Gasteiger partial charge on any atom is -0.360 e. The van der Waals surface area contributed by atoms with Crippen LogP contribution in [0.3, 0.4) is 0 Å². The lowest BCUT2D eigenvalue weighted by Gasteiger charge is -1.98. The minimum atomic E-state index is -3.36. The zero-order chi connectivity index (χ0) is 10.2. The van der Waals surface area contributed by atoms with Gasteiger partial charge in [-0.2, -0.15) is 0 Å². The van der Waals surface area contributed by atoms with Crippen molar-refractivity contribution < 1.29 is 8.42 Å². The molecule has 0 unspecified atom stereocenters. The standard InChI is InChI=1S/C9H10N2O2S/c1-10-14(12,13)9-6-11-8-5-3-2-4-7(8)9/h2-6,10-11H,1H3. The number of nitrogens with one attached hydrogen (secondary N) is 2. The van der Waals surface area contributed by atoms with Crippen molar-refractivity contribution in [2.45, 2.75) is 4.90 Å². The van der Waals surface area contributed by atoms with E-state index in [4.69, 9.17) is 0 Å². The zero-order valence-corrected chi connectivity index (χ0v) is 8.43. The molecule has 0 spiro atoms. The van der Waals surface area contributed by atoms with Gasteiger partial charge < -0.3 is 4.98 Å². The van der Waals surface area contributed by atoms with Gasteiger partial charge in [0.15, 0.2) is 0 Å². The largest absolute Gasteiger partial charge is 0.360 e. The number of rotatable bonds is 2. The molecule has 0 saturated heterocycles. The van der Waals surface area contributed by atoms with E-state index in [1.54, 1.807) is 6.07 Å². The van der Waals surface area contributed by atoms with E-state index in [1.807, 2.05) is 18.2 Å². The summed E-state index contributed by atoms with van der Waals surface area (Å²) in [6.07, 6.45) is 1.50. The summed E-state index contributed by atoms with van der Waals surface area (Å²) in [7, 11) is -1.96. The number of benzene rings is 1. The Morgan fingerprint density at radius 3 is 2.71 bits per heavy atom. The monoisotopic (exact) mass is 210 g/mol. The smallest absolute Gasteiger partial charge is 0.242 e. The van der Waals surface area contributed by atoms with Gasteiger partial charge in [0.1, 0.15) is 4.90 Å². The summed E-state index contributed by atoms with van der Waals surface area (Å²) < 4.78 is 25.4. The van der Waals surface area contributed by atoms with Crippen molar-refractivity contribution in [2.24, 2.45) is 0 Å². The van der Waals surface area contributed by atoms with Crippen LogP contribution in [0, 0.1) is 0 Å². The maximum Gasteiger partial charge on any atom is 0.242 e. The quantitative estimate of drug-likeness (QED) is 0.779. The van der Waals surface area contributed by atoms with Crippen LogP contribution in [0.1, 0.15) is 0 Å². The third-order valence-corrected chi connectivity index (χ3v) is 3.56. The first-order valence-corrected chi connectivity index (χ1v) is 5.63. The van der Waals surface area contributed by atoms with Gasteiger partial charge in [-0.3, -0.25) is 0 Å². The Labute approximate surface area is 82.0 Å². The number of para-hydroxylation sites is 1. The maximum atomic E-state index is 11.5. The number of aromatic nitrogens is 1. The summed E-state index contributed by atoms with van der Waals surface area (Å²) in [4.78, 5) is 3.20. The average molecular weight is 210 g/mol. The highest BCUT2D eigenvalue weighted by Gasteiger charge is 2.15. The van der Waals surface area contributed by atoms with Crippen molar-refractivity contribution in [2.75, 3.05) is 7.05 Å². The van der Waals surface area contributed by atoms with Crippen LogP contribution in [0.15, 0.2) is 35.4 Å². The molecule has 0 fully saturated rings. The molecule has 1 aromatic carbocycles. The van der Waals surface area contributed by atoms with Crippen LogP contribution in [0.2, 0.25) is 0 Å². The Bertz CT molecular complexity index is 557. The summed E-state index contributed by atoms with van der Waals surface area (Å²) in [5.41, 5.74) is 0.821. The van der Waals surface area contributed by atoms with Crippen LogP contribution in [-0.2, 0) is 10.0 Å². The molecule has 14 heavy (non-hydrogen) atoms. The van der Waals surface area contributed by atoms with Crippen LogP contribution >= 0.6 is 0 Å². The first-order chi connectivity index (χ1) is 6.65. The molecule has 0 bridgehead atoms. The molecule has 2 N–H and O–H groups in total. The van der Waals surface area contributed by atoms with Gasteiger partial charge in [0.25, 0.3) is 0 Å². The van der Waals surface area contributed by atoms with Gasteiger partial charge in [-0.15, -0.1) is 0 Å². The van der Waals surface area contributed by atoms with E-state index in [2.05, 4.69) is 9.71 Å². The van der Waals surface area contributed by atoms with Crippen LogP contribution in [0.25, 0.3) is 10.9 Å². The average Bonchev–Trinajstić information content (AvgIpc) is 2.61. The predicted octanol–water partition coefficient (Wildman–Crippen LogP) is 1.08. The molecule has 0 aliphatic heterocycles. The summed E-state index contributed by atoms with van der Waals surface area (Å²) in [6, 6.07) is 7.28. The highest BCUT2D eigenvalue weighted by Crippen LogP contribution is 2.21. The third kappa shape index (κ3) is 1.30. The lowest BCUT2D eigenvalue weighted by Crippen LogP contribution is -2.18. The fourth-order valence-electron chi connectivity index (χ4n) is 1.38. The second-order valence-corrected chi connectivity index (χ2v) is 4.76. The molecule has 2 rings (SSSR count). The predicted molar refractivity (Wildman–Crippen MR) is 54.5 cm³/mol. The number of hydrogen-bond acceptors (Lipinski definition) is 2. The number of sulfonamides is 1. The van der Waals surface area contributed by atoms with Crippen molar-refractivity contribution in [1.29, 1.82) is 0 Å². The molecule has 0 amide bonds. The fraction of sp³-hybridized carbons (Fsp3) is 0.111. The lowest BCUT2D eigenvalue weighted by molar-refractivity contribution is 0.589. The summed E-state index contributed by atoms with van der Waals surface area (Å²) >= 11 is 0. The Balaban J connectivity index is 2.77. The molecule has 74 valence electrons. The molecule has 1 heterocycles. The highest BCUT2D eigenvalue weighted by molar-refractivity contribution is 7.89. The third-order valence-electron chi connectivity index (χ3n) is 2.11. The zero-order valence-electron chi connectivity index (χ0n) is 7.61. The van der Waals surface area contributed by atoms with E-state index in [9.17, 15) is 8.42 Å². The second kappa shape index (κ2) is 3.11. The van der Waals surface area contributed by atoms with Crippen LogP contribution in [0.4, 0.5) is 0 Å². The van der Waals surface area contributed by atoms with Crippen LogP contribution in [0.5, 0.6) is 0 Å². The molecule has 0 radical (unpaired) electrons.